The van der Waals surface area contributed by atoms with Crippen molar-refractivity contribution in [2.45, 2.75) is 26.3 Å². The van der Waals surface area contributed by atoms with Gasteiger partial charge in [0.2, 0.25) is 5.91 Å². The average molecular weight is 324 g/mol. The molecule has 124 valence electrons. The van der Waals surface area contributed by atoms with E-state index in [0.29, 0.717) is 12.1 Å². The van der Waals surface area contributed by atoms with Crippen molar-refractivity contribution in [3.63, 3.8) is 0 Å². The third-order valence-corrected chi connectivity index (χ3v) is 3.88. The Bertz CT molecular complexity index is 819. The lowest BCUT2D eigenvalue weighted by Gasteiger charge is -2.11. The van der Waals surface area contributed by atoms with Crippen LogP contribution < -0.4 is 11.1 Å². The van der Waals surface area contributed by atoms with E-state index in [2.05, 4.69) is 20.6 Å². The zero-order valence-electron chi connectivity index (χ0n) is 13.7. The van der Waals surface area contributed by atoms with E-state index in [-0.39, 0.29) is 5.91 Å². The minimum absolute atomic E-state index is 0.254. The number of aromatic nitrogens is 4. The van der Waals surface area contributed by atoms with Gasteiger partial charge in [-0.15, -0.1) is 0 Å². The molecule has 3 aromatic rings. The molecule has 0 radical (unpaired) electrons. The maximum atomic E-state index is 12.3. The van der Waals surface area contributed by atoms with Crippen LogP contribution in [0.25, 0.3) is 5.69 Å². The summed E-state index contributed by atoms with van der Waals surface area (Å²) in [6.07, 6.45) is 3.67. The summed E-state index contributed by atoms with van der Waals surface area (Å²) in [5, 5.41) is 13.8. The van der Waals surface area contributed by atoms with E-state index in [1.54, 1.807) is 23.1 Å². The summed E-state index contributed by atoms with van der Waals surface area (Å²) in [6.45, 7) is 3.94. The molecule has 7 heteroatoms. The highest BCUT2D eigenvalue weighted by Crippen LogP contribution is 2.19. The number of aromatic amines is 1. The number of amides is 1. The van der Waals surface area contributed by atoms with Crippen molar-refractivity contribution in [2.24, 2.45) is 5.73 Å². The molecule has 1 atom stereocenters. The number of nitrogens with one attached hydrogen (secondary N) is 2. The molecule has 0 aliphatic carbocycles. The van der Waals surface area contributed by atoms with Crippen LogP contribution in [0.1, 0.15) is 17.0 Å². The fourth-order valence-corrected chi connectivity index (χ4v) is 2.43. The zero-order chi connectivity index (χ0) is 17.1. The van der Waals surface area contributed by atoms with E-state index < -0.39 is 6.04 Å². The lowest BCUT2D eigenvalue weighted by molar-refractivity contribution is -0.117. The van der Waals surface area contributed by atoms with Crippen molar-refractivity contribution >= 4 is 11.6 Å². The largest absolute Gasteiger partial charge is 0.322 e. The summed E-state index contributed by atoms with van der Waals surface area (Å²) in [6, 6.07) is 9.17. The van der Waals surface area contributed by atoms with E-state index >= 15 is 0 Å². The molecule has 2 aromatic heterocycles. The number of benzene rings is 1. The molecule has 0 fully saturated rings. The fraction of sp³-hybridized carbons (Fsp3) is 0.235. The molecule has 0 saturated heterocycles. The second kappa shape index (κ2) is 6.67. The van der Waals surface area contributed by atoms with Crippen molar-refractivity contribution < 1.29 is 4.79 Å². The molecule has 1 amide bonds. The van der Waals surface area contributed by atoms with Crippen molar-refractivity contribution in [3.05, 3.63) is 59.7 Å². The SMILES string of the molecule is Cc1ccc(-n2ncc(NC(=O)C(N)Cc3ccn[nH]3)c2C)cc1. The van der Waals surface area contributed by atoms with Gasteiger partial charge in [-0.2, -0.15) is 10.2 Å². The first-order chi connectivity index (χ1) is 11.5. The van der Waals surface area contributed by atoms with Crippen LogP contribution in [0.2, 0.25) is 0 Å². The van der Waals surface area contributed by atoms with Crippen LogP contribution in [0.3, 0.4) is 0 Å². The van der Waals surface area contributed by atoms with Crippen LogP contribution in [0.15, 0.2) is 42.7 Å². The molecule has 0 bridgehead atoms. The second-order valence-electron chi connectivity index (χ2n) is 5.77. The average Bonchev–Trinajstić information content (AvgIpc) is 3.19. The molecule has 1 aromatic carbocycles. The molecule has 0 aliphatic heterocycles. The molecule has 1 unspecified atom stereocenters. The number of aryl methyl sites for hydroxylation is 1. The van der Waals surface area contributed by atoms with Crippen molar-refractivity contribution in [3.8, 4) is 5.69 Å². The number of anilines is 1. The van der Waals surface area contributed by atoms with Crippen LogP contribution in [-0.4, -0.2) is 31.9 Å². The van der Waals surface area contributed by atoms with Crippen LogP contribution in [0.4, 0.5) is 5.69 Å². The van der Waals surface area contributed by atoms with Crippen molar-refractivity contribution in [2.75, 3.05) is 5.32 Å². The number of rotatable bonds is 5. The molecule has 4 N–H and O–H groups in total. The minimum Gasteiger partial charge on any atom is -0.322 e. The van der Waals surface area contributed by atoms with Gasteiger partial charge >= 0.3 is 0 Å². The zero-order valence-corrected chi connectivity index (χ0v) is 13.7. The Labute approximate surface area is 139 Å². The summed E-state index contributed by atoms with van der Waals surface area (Å²) in [5.74, 6) is -0.254. The summed E-state index contributed by atoms with van der Waals surface area (Å²) in [4.78, 5) is 12.3. The van der Waals surface area contributed by atoms with Gasteiger partial charge < -0.3 is 11.1 Å². The van der Waals surface area contributed by atoms with E-state index in [1.807, 2.05) is 38.1 Å². The highest BCUT2D eigenvalue weighted by molar-refractivity contribution is 5.95. The van der Waals surface area contributed by atoms with Gasteiger partial charge in [-0.3, -0.25) is 9.89 Å². The normalized spacial score (nSPS) is 12.1. The third kappa shape index (κ3) is 3.36. The topological polar surface area (TPSA) is 102 Å². The van der Waals surface area contributed by atoms with Gasteiger partial charge in [-0.1, -0.05) is 17.7 Å². The van der Waals surface area contributed by atoms with Gasteiger partial charge in [0.15, 0.2) is 0 Å². The monoisotopic (exact) mass is 324 g/mol. The van der Waals surface area contributed by atoms with E-state index in [9.17, 15) is 4.79 Å². The van der Waals surface area contributed by atoms with E-state index in [1.165, 1.54) is 5.56 Å². The summed E-state index contributed by atoms with van der Waals surface area (Å²) < 4.78 is 1.79. The lowest BCUT2D eigenvalue weighted by atomic mass is 10.1. The molecule has 2 heterocycles. The summed E-state index contributed by atoms with van der Waals surface area (Å²) in [7, 11) is 0. The summed E-state index contributed by atoms with van der Waals surface area (Å²) in [5.41, 5.74) is 10.4. The first-order valence-corrected chi connectivity index (χ1v) is 7.71. The number of hydrogen-bond donors (Lipinski definition) is 3. The number of carbonyl (C=O) groups excluding carboxylic acids is 1. The van der Waals surface area contributed by atoms with Crippen molar-refractivity contribution in [1.82, 2.24) is 20.0 Å². The van der Waals surface area contributed by atoms with Crippen molar-refractivity contribution in [1.29, 1.82) is 0 Å². The molecule has 0 saturated carbocycles. The number of nitrogens with two attached hydrogens (primary N) is 1. The Morgan fingerprint density at radius 3 is 2.71 bits per heavy atom. The number of carbonyl (C=O) groups is 1. The number of nitrogens with zero attached hydrogens (tertiary/aromatic N) is 3. The molecular weight excluding hydrogens is 304 g/mol. The molecular formula is C17H20N6O. The molecule has 7 nitrogen and oxygen atoms in total. The first-order valence-electron chi connectivity index (χ1n) is 7.71. The molecule has 24 heavy (non-hydrogen) atoms. The Kier molecular flexibility index (Phi) is 4.43. The van der Waals surface area contributed by atoms with Gasteiger partial charge in [0, 0.05) is 18.3 Å². The Balaban J connectivity index is 1.71. The Morgan fingerprint density at radius 1 is 1.29 bits per heavy atom. The quantitative estimate of drug-likeness (QED) is 0.665. The van der Waals surface area contributed by atoms with E-state index in [4.69, 9.17) is 5.73 Å². The van der Waals surface area contributed by atoms with Crippen LogP contribution in [0, 0.1) is 13.8 Å². The van der Waals surface area contributed by atoms with Crippen LogP contribution >= 0.6 is 0 Å². The Morgan fingerprint density at radius 2 is 2.04 bits per heavy atom. The van der Waals surface area contributed by atoms with E-state index in [0.717, 1.165) is 17.1 Å². The third-order valence-electron chi connectivity index (χ3n) is 3.88. The highest BCUT2D eigenvalue weighted by Gasteiger charge is 2.17. The number of H-pyrrole nitrogens is 1. The Hall–Kier alpha value is -2.93. The minimum atomic E-state index is -0.660. The highest BCUT2D eigenvalue weighted by atomic mass is 16.2. The number of hydrogen-bond acceptors (Lipinski definition) is 4. The molecule has 0 spiro atoms. The smallest absolute Gasteiger partial charge is 0.241 e. The maximum absolute atomic E-state index is 12.3. The molecule has 3 rings (SSSR count). The van der Waals surface area contributed by atoms with Gasteiger partial charge in [0.25, 0.3) is 0 Å². The predicted octanol–water partition coefficient (Wildman–Crippen LogP) is 1.72. The second-order valence-corrected chi connectivity index (χ2v) is 5.77. The van der Waals surface area contributed by atoms with Gasteiger partial charge in [-0.05, 0) is 32.0 Å². The summed E-state index contributed by atoms with van der Waals surface area (Å²) >= 11 is 0. The van der Waals surface area contributed by atoms with Crippen LogP contribution in [-0.2, 0) is 11.2 Å². The maximum Gasteiger partial charge on any atom is 0.241 e. The van der Waals surface area contributed by atoms with Crippen LogP contribution in [0.5, 0.6) is 0 Å². The van der Waals surface area contributed by atoms with Gasteiger partial charge in [0.1, 0.15) is 0 Å². The first kappa shape index (κ1) is 15.9. The van der Waals surface area contributed by atoms with Gasteiger partial charge in [0.05, 0.1) is 29.3 Å². The standard InChI is InChI=1S/C17H20N6O/c1-11-3-5-14(6-4-11)23-12(2)16(10-20-23)21-17(24)15(18)9-13-7-8-19-22-13/h3-8,10,15H,9,18H2,1-2H3,(H,19,22)(H,21,24). The predicted molar refractivity (Wildman–Crippen MR) is 91.9 cm³/mol. The molecule has 0 aliphatic rings. The van der Waals surface area contributed by atoms with Gasteiger partial charge in [-0.25, -0.2) is 4.68 Å². The lowest BCUT2D eigenvalue weighted by Crippen LogP contribution is -2.37. The fourth-order valence-electron chi connectivity index (χ4n) is 2.43.